The first-order valence-corrected chi connectivity index (χ1v) is 6.29. The molecule has 0 heterocycles. The maximum Gasteiger partial charge on any atom is 0.344 e. The molecule has 0 saturated heterocycles. The van der Waals surface area contributed by atoms with E-state index < -0.39 is 0 Å². The molecule has 88 valence electrons. The van der Waals surface area contributed by atoms with Crippen LogP contribution in [0.2, 0.25) is 5.02 Å². The van der Waals surface area contributed by atoms with Crippen molar-refractivity contribution in [3.05, 3.63) is 46.2 Å². The van der Waals surface area contributed by atoms with Gasteiger partial charge in [0.05, 0.1) is 10.6 Å². The molecule has 0 radical (unpaired) electrons. The van der Waals surface area contributed by atoms with Gasteiger partial charge in [-0.3, -0.25) is 0 Å². The molecule has 0 N–H and O–H groups in total. The number of hydrogen-bond acceptors (Lipinski definition) is 2. The maximum atomic E-state index is 12.0. The van der Waals surface area contributed by atoms with Gasteiger partial charge in [-0.2, -0.15) is 0 Å². The molecule has 2 aliphatic carbocycles. The van der Waals surface area contributed by atoms with Gasteiger partial charge >= 0.3 is 5.97 Å². The molecule has 1 saturated carbocycles. The zero-order valence-electron chi connectivity index (χ0n) is 9.41. The fraction of sp³-hybridized carbons (Fsp3) is 0.357. The van der Waals surface area contributed by atoms with Crippen molar-refractivity contribution in [3.8, 4) is 0 Å². The van der Waals surface area contributed by atoms with Gasteiger partial charge in [0.2, 0.25) is 0 Å². The second kappa shape index (κ2) is 4.19. The summed E-state index contributed by atoms with van der Waals surface area (Å²) in [4.78, 5) is 12.0. The minimum Gasteiger partial charge on any atom is -0.427 e. The highest BCUT2D eigenvalue weighted by molar-refractivity contribution is 6.33. The SMILES string of the molecule is O=C(OC1=C2CCC(C2)C1)c1ccccc1Cl. The van der Waals surface area contributed by atoms with Gasteiger partial charge < -0.3 is 4.74 Å². The van der Waals surface area contributed by atoms with Gasteiger partial charge in [-0.25, -0.2) is 4.79 Å². The van der Waals surface area contributed by atoms with E-state index in [1.54, 1.807) is 24.3 Å². The number of benzene rings is 1. The van der Waals surface area contributed by atoms with Crippen LogP contribution in [0, 0.1) is 5.92 Å². The number of fused-ring (bicyclic) bond motifs is 2. The Hall–Kier alpha value is -1.28. The third-order valence-corrected chi connectivity index (χ3v) is 3.90. The van der Waals surface area contributed by atoms with E-state index in [0.29, 0.717) is 16.5 Å². The molecule has 17 heavy (non-hydrogen) atoms. The Morgan fingerprint density at radius 1 is 1.29 bits per heavy atom. The second-order valence-corrected chi connectivity index (χ2v) is 5.12. The van der Waals surface area contributed by atoms with E-state index in [9.17, 15) is 4.79 Å². The summed E-state index contributed by atoms with van der Waals surface area (Å²) < 4.78 is 5.47. The lowest BCUT2D eigenvalue weighted by Gasteiger charge is -2.12. The molecule has 0 aliphatic heterocycles. The van der Waals surface area contributed by atoms with E-state index in [4.69, 9.17) is 16.3 Å². The van der Waals surface area contributed by atoms with Crippen LogP contribution in [0.15, 0.2) is 35.6 Å². The molecule has 0 amide bonds. The van der Waals surface area contributed by atoms with Gasteiger partial charge in [-0.15, -0.1) is 0 Å². The fourth-order valence-corrected chi connectivity index (χ4v) is 2.89. The summed E-state index contributed by atoms with van der Waals surface area (Å²) in [6, 6.07) is 7.00. The van der Waals surface area contributed by atoms with Crippen LogP contribution in [0.5, 0.6) is 0 Å². The molecule has 1 atom stereocenters. The first-order valence-electron chi connectivity index (χ1n) is 5.91. The van der Waals surface area contributed by atoms with Crippen molar-refractivity contribution in [2.75, 3.05) is 0 Å². The van der Waals surface area contributed by atoms with Gasteiger partial charge in [0.15, 0.2) is 0 Å². The Labute approximate surface area is 105 Å². The van der Waals surface area contributed by atoms with Crippen molar-refractivity contribution in [1.82, 2.24) is 0 Å². The van der Waals surface area contributed by atoms with Crippen LogP contribution in [0.4, 0.5) is 0 Å². The number of ether oxygens (including phenoxy) is 1. The monoisotopic (exact) mass is 248 g/mol. The van der Waals surface area contributed by atoms with Gasteiger partial charge in [-0.1, -0.05) is 23.7 Å². The second-order valence-electron chi connectivity index (χ2n) is 4.71. The van der Waals surface area contributed by atoms with Crippen LogP contribution < -0.4 is 0 Å². The molecule has 0 spiro atoms. The predicted molar refractivity (Wildman–Crippen MR) is 65.9 cm³/mol. The number of allylic oxidation sites excluding steroid dienone is 2. The van der Waals surface area contributed by atoms with E-state index >= 15 is 0 Å². The zero-order valence-corrected chi connectivity index (χ0v) is 10.2. The number of carbonyl (C=O) groups excluding carboxylic acids is 1. The highest BCUT2D eigenvalue weighted by Gasteiger charge is 2.32. The summed E-state index contributed by atoms with van der Waals surface area (Å²) in [5.41, 5.74) is 1.78. The van der Waals surface area contributed by atoms with Crippen LogP contribution in [-0.4, -0.2) is 5.97 Å². The van der Waals surface area contributed by atoms with Gasteiger partial charge in [0.1, 0.15) is 5.76 Å². The lowest BCUT2D eigenvalue weighted by atomic mass is 10.0. The molecule has 2 nitrogen and oxygen atoms in total. The van der Waals surface area contributed by atoms with Crippen LogP contribution in [0.3, 0.4) is 0 Å². The smallest absolute Gasteiger partial charge is 0.344 e. The van der Waals surface area contributed by atoms with Gasteiger partial charge in [0.25, 0.3) is 0 Å². The first-order chi connectivity index (χ1) is 8.24. The summed E-state index contributed by atoms with van der Waals surface area (Å²) in [6.07, 6.45) is 4.38. The minimum absolute atomic E-state index is 0.328. The number of esters is 1. The Morgan fingerprint density at radius 3 is 2.76 bits per heavy atom. The molecule has 2 bridgehead atoms. The van der Waals surface area contributed by atoms with Crippen molar-refractivity contribution in [1.29, 1.82) is 0 Å². The highest BCUT2D eigenvalue weighted by Crippen LogP contribution is 2.44. The van der Waals surface area contributed by atoms with Crippen molar-refractivity contribution in [2.45, 2.75) is 25.7 Å². The summed E-state index contributed by atoms with van der Waals surface area (Å²) in [5, 5.41) is 0.450. The third kappa shape index (κ3) is 1.98. The largest absolute Gasteiger partial charge is 0.427 e. The van der Waals surface area contributed by atoms with E-state index in [-0.39, 0.29) is 5.97 Å². The molecular formula is C14H13ClO2. The van der Waals surface area contributed by atoms with Crippen LogP contribution in [-0.2, 0) is 4.74 Å². The molecule has 0 aromatic heterocycles. The normalized spacial score (nSPS) is 22.1. The number of carbonyl (C=O) groups is 1. The summed E-state index contributed by atoms with van der Waals surface area (Å²) >= 11 is 5.97. The van der Waals surface area contributed by atoms with E-state index in [1.807, 2.05) is 0 Å². The van der Waals surface area contributed by atoms with E-state index in [2.05, 4.69) is 0 Å². The molecule has 1 aromatic rings. The lowest BCUT2D eigenvalue weighted by Crippen LogP contribution is -2.08. The maximum absolute atomic E-state index is 12.0. The van der Waals surface area contributed by atoms with Crippen molar-refractivity contribution in [2.24, 2.45) is 5.92 Å². The number of rotatable bonds is 2. The summed E-state index contributed by atoms with van der Waals surface area (Å²) in [6.45, 7) is 0. The molecule has 3 heteroatoms. The average molecular weight is 249 g/mol. The number of hydrogen-bond donors (Lipinski definition) is 0. The minimum atomic E-state index is -0.328. The van der Waals surface area contributed by atoms with Crippen LogP contribution in [0.1, 0.15) is 36.0 Å². The molecule has 1 fully saturated rings. The standard InChI is InChI=1S/C14H13ClO2/c15-12-4-2-1-3-11(12)14(16)17-13-8-9-5-6-10(13)7-9/h1-4,9H,5-8H2. The molecular weight excluding hydrogens is 236 g/mol. The molecule has 2 aliphatic rings. The zero-order chi connectivity index (χ0) is 11.8. The van der Waals surface area contributed by atoms with Crippen molar-refractivity contribution >= 4 is 17.6 Å². The van der Waals surface area contributed by atoms with E-state index in [0.717, 1.165) is 25.0 Å². The lowest BCUT2D eigenvalue weighted by molar-refractivity contribution is 0.0607. The summed E-state index contributed by atoms with van der Waals surface area (Å²) in [5.74, 6) is 1.27. The quantitative estimate of drug-likeness (QED) is 0.741. The fourth-order valence-electron chi connectivity index (χ4n) is 2.67. The highest BCUT2D eigenvalue weighted by atomic mass is 35.5. The topological polar surface area (TPSA) is 26.3 Å². The Morgan fingerprint density at radius 2 is 2.12 bits per heavy atom. The van der Waals surface area contributed by atoms with Crippen LogP contribution >= 0.6 is 11.6 Å². The Kier molecular flexibility index (Phi) is 2.67. The third-order valence-electron chi connectivity index (χ3n) is 3.57. The first kappa shape index (κ1) is 10.8. The van der Waals surface area contributed by atoms with E-state index in [1.165, 1.54) is 12.0 Å². The number of halogens is 1. The summed E-state index contributed by atoms with van der Waals surface area (Å²) in [7, 11) is 0. The van der Waals surface area contributed by atoms with Crippen molar-refractivity contribution in [3.63, 3.8) is 0 Å². The van der Waals surface area contributed by atoms with Gasteiger partial charge in [-0.05, 0) is 42.9 Å². The predicted octanol–water partition coefficient (Wildman–Crippen LogP) is 3.95. The average Bonchev–Trinajstić information content (AvgIpc) is 2.91. The Balaban J connectivity index is 1.79. The Bertz CT molecular complexity index is 505. The molecule has 3 rings (SSSR count). The molecule has 1 aromatic carbocycles. The molecule has 1 unspecified atom stereocenters. The van der Waals surface area contributed by atoms with Gasteiger partial charge in [0, 0.05) is 6.42 Å². The van der Waals surface area contributed by atoms with Crippen molar-refractivity contribution < 1.29 is 9.53 Å². The van der Waals surface area contributed by atoms with Crippen LogP contribution in [0.25, 0.3) is 0 Å².